The molecule has 0 aromatic rings. The van der Waals surface area contributed by atoms with Crippen molar-refractivity contribution in [1.82, 2.24) is 0 Å². The minimum Gasteiger partial charge on any atom is -0.335 e. The van der Waals surface area contributed by atoms with Gasteiger partial charge in [0, 0.05) is 11.4 Å². The highest BCUT2D eigenvalue weighted by Gasteiger charge is 2.11. The zero-order valence-corrected chi connectivity index (χ0v) is 10.1. The van der Waals surface area contributed by atoms with E-state index in [2.05, 4.69) is 26.5 Å². The molecule has 0 amide bonds. The van der Waals surface area contributed by atoms with Gasteiger partial charge in [0.1, 0.15) is 0 Å². The molecule has 0 bridgehead atoms. The number of hydrogen-bond acceptors (Lipinski definition) is 3. The normalized spacial score (nSPS) is 14.8. The molecule has 0 saturated carbocycles. The Kier molecular flexibility index (Phi) is 6.56. The van der Waals surface area contributed by atoms with Crippen molar-refractivity contribution in [3.05, 3.63) is 0 Å². The molecular formula is C8H19O2PS. The maximum Gasteiger partial charge on any atom is 0.167 e. The predicted octanol–water partition coefficient (Wildman–Crippen LogP) is 3.08. The van der Waals surface area contributed by atoms with Gasteiger partial charge in [-0.3, -0.25) is 0 Å². The average Bonchev–Trinajstić information content (AvgIpc) is 1.84. The molecule has 4 heteroatoms. The van der Waals surface area contributed by atoms with Crippen LogP contribution in [0.25, 0.3) is 0 Å². The Morgan fingerprint density at radius 1 is 1.33 bits per heavy atom. The summed E-state index contributed by atoms with van der Waals surface area (Å²) in [6.07, 6.45) is 0.954. The first-order valence-corrected chi connectivity index (χ1v) is 6.25. The Morgan fingerprint density at radius 3 is 2.33 bits per heavy atom. The SMILES string of the molecule is CCOP(C)OCCC(C)(C)S. The zero-order chi connectivity index (χ0) is 9.61. The molecule has 0 heterocycles. The summed E-state index contributed by atoms with van der Waals surface area (Å²) in [6, 6.07) is 0. The van der Waals surface area contributed by atoms with Gasteiger partial charge >= 0.3 is 0 Å². The Labute approximate surface area is 82.3 Å². The lowest BCUT2D eigenvalue weighted by molar-refractivity contribution is 0.253. The van der Waals surface area contributed by atoms with E-state index in [0.717, 1.165) is 19.6 Å². The molecule has 0 radical (unpaired) electrons. The van der Waals surface area contributed by atoms with Crippen molar-refractivity contribution >= 4 is 21.0 Å². The van der Waals surface area contributed by atoms with Crippen molar-refractivity contribution < 1.29 is 9.05 Å². The minimum absolute atomic E-state index is 0.0579. The van der Waals surface area contributed by atoms with Crippen LogP contribution < -0.4 is 0 Å². The molecule has 0 aliphatic rings. The smallest absolute Gasteiger partial charge is 0.167 e. The van der Waals surface area contributed by atoms with Crippen LogP contribution in [0, 0.1) is 0 Å². The van der Waals surface area contributed by atoms with Crippen molar-refractivity contribution in [3.63, 3.8) is 0 Å². The molecule has 0 fully saturated rings. The molecule has 0 aromatic heterocycles. The van der Waals surface area contributed by atoms with Gasteiger partial charge < -0.3 is 9.05 Å². The van der Waals surface area contributed by atoms with Gasteiger partial charge in [-0.15, -0.1) is 0 Å². The summed E-state index contributed by atoms with van der Waals surface area (Å²) in [4.78, 5) is 0. The quantitative estimate of drug-likeness (QED) is 0.536. The van der Waals surface area contributed by atoms with Gasteiger partial charge in [0.15, 0.2) is 8.38 Å². The molecule has 74 valence electrons. The van der Waals surface area contributed by atoms with Gasteiger partial charge in [-0.1, -0.05) is 13.8 Å². The fraction of sp³-hybridized carbons (Fsp3) is 1.00. The Bertz CT molecular complexity index is 114. The third-order valence-corrected chi connectivity index (χ3v) is 2.69. The van der Waals surface area contributed by atoms with Gasteiger partial charge in [-0.05, 0) is 13.3 Å². The van der Waals surface area contributed by atoms with E-state index in [1.165, 1.54) is 0 Å². The van der Waals surface area contributed by atoms with Crippen LogP contribution >= 0.6 is 21.0 Å². The third kappa shape index (κ3) is 8.79. The highest BCUT2D eigenvalue weighted by Crippen LogP contribution is 2.33. The molecular weight excluding hydrogens is 191 g/mol. The van der Waals surface area contributed by atoms with Gasteiger partial charge in [0.2, 0.25) is 0 Å². The van der Waals surface area contributed by atoms with Crippen LogP contribution in [0.3, 0.4) is 0 Å². The Morgan fingerprint density at radius 2 is 1.92 bits per heavy atom. The summed E-state index contributed by atoms with van der Waals surface area (Å²) in [6.45, 7) is 9.58. The third-order valence-electron chi connectivity index (χ3n) is 1.30. The van der Waals surface area contributed by atoms with Gasteiger partial charge in [0.05, 0.1) is 13.2 Å². The van der Waals surface area contributed by atoms with Crippen molar-refractivity contribution in [1.29, 1.82) is 0 Å². The topological polar surface area (TPSA) is 18.5 Å². The first-order valence-electron chi connectivity index (χ1n) is 4.17. The second kappa shape index (κ2) is 6.20. The maximum absolute atomic E-state index is 5.45. The minimum atomic E-state index is -0.668. The monoisotopic (exact) mass is 210 g/mol. The van der Waals surface area contributed by atoms with E-state index in [1.54, 1.807) is 0 Å². The van der Waals surface area contributed by atoms with Gasteiger partial charge in [-0.2, -0.15) is 12.6 Å². The van der Waals surface area contributed by atoms with E-state index in [-0.39, 0.29) is 4.75 Å². The molecule has 0 N–H and O–H groups in total. The van der Waals surface area contributed by atoms with Crippen LogP contribution in [-0.4, -0.2) is 24.6 Å². The second-order valence-corrected chi connectivity index (χ2v) is 5.86. The highest BCUT2D eigenvalue weighted by molar-refractivity contribution is 7.81. The van der Waals surface area contributed by atoms with Crippen LogP contribution in [-0.2, 0) is 9.05 Å². The van der Waals surface area contributed by atoms with Crippen LogP contribution in [0.2, 0.25) is 0 Å². The van der Waals surface area contributed by atoms with Gasteiger partial charge in [-0.25, -0.2) is 0 Å². The Balaban J connectivity index is 3.31. The molecule has 1 atom stereocenters. The van der Waals surface area contributed by atoms with Crippen molar-refractivity contribution in [2.24, 2.45) is 0 Å². The molecule has 0 saturated heterocycles. The molecule has 12 heavy (non-hydrogen) atoms. The fourth-order valence-corrected chi connectivity index (χ4v) is 1.52. The molecule has 0 rings (SSSR count). The highest BCUT2D eigenvalue weighted by atomic mass is 32.1. The summed E-state index contributed by atoms with van der Waals surface area (Å²) in [5.74, 6) is 0. The predicted molar refractivity (Wildman–Crippen MR) is 58.1 cm³/mol. The van der Waals surface area contributed by atoms with Crippen LogP contribution in [0.15, 0.2) is 0 Å². The summed E-state index contributed by atoms with van der Waals surface area (Å²) >= 11 is 4.40. The van der Waals surface area contributed by atoms with Crippen LogP contribution in [0.5, 0.6) is 0 Å². The van der Waals surface area contributed by atoms with E-state index in [1.807, 2.05) is 13.6 Å². The lowest BCUT2D eigenvalue weighted by Crippen LogP contribution is -2.13. The molecule has 0 spiro atoms. The molecule has 0 aromatic carbocycles. The van der Waals surface area contributed by atoms with Crippen LogP contribution in [0.4, 0.5) is 0 Å². The fourth-order valence-electron chi connectivity index (χ4n) is 0.643. The van der Waals surface area contributed by atoms with E-state index in [0.29, 0.717) is 0 Å². The lowest BCUT2D eigenvalue weighted by Gasteiger charge is -2.18. The number of rotatable bonds is 6. The van der Waals surface area contributed by atoms with Gasteiger partial charge in [0.25, 0.3) is 0 Å². The largest absolute Gasteiger partial charge is 0.335 e. The van der Waals surface area contributed by atoms with E-state index in [4.69, 9.17) is 9.05 Å². The number of thiol groups is 1. The molecule has 0 aliphatic heterocycles. The number of hydrogen-bond donors (Lipinski definition) is 1. The van der Waals surface area contributed by atoms with Crippen molar-refractivity contribution in [2.45, 2.75) is 31.9 Å². The first-order chi connectivity index (χ1) is 5.45. The standard InChI is InChI=1S/C8H19O2PS/c1-5-9-11(4)10-7-6-8(2,3)12/h12H,5-7H2,1-4H3. The summed E-state index contributed by atoms with van der Waals surface area (Å²) in [5, 5.41) is 0. The zero-order valence-electron chi connectivity index (χ0n) is 8.33. The van der Waals surface area contributed by atoms with E-state index < -0.39 is 8.38 Å². The van der Waals surface area contributed by atoms with E-state index in [9.17, 15) is 0 Å². The lowest BCUT2D eigenvalue weighted by atomic mass is 10.1. The summed E-state index contributed by atoms with van der Waals surface area (Å²) in [7, 11) is -0.668. The van der Waals surface area contributed by atoms with E-state index >= 15 is 0 Å². The molecule has 1 unspecified atom stereocenters. The first kappa shape index (κ1) is 12.7. The average molecular weight is 210 g/mol. The summed E-state index contributed by atoms with van der Waals surface area (Å²) in [5.41, 5.74) is 0. The summed E-state index contributed by atoms with van der Waals surface area (Å²) < 4.78 is 10.8. The molecule has 0 aliphatic carbocycles. The second-order valence-electron chi connectivity index (χ2n) is 3.25. The van der Waals surface area contributed by atoms with Crippen molar-refractivity contribution in [2.75, 3.05) is 19.9 Å². The van der Waals surface area contributed by atoms with Crippen LogP contribution in [0.1, 0.15) is 27.2 Å². The maximum atomic E-state index is 5.45. The molecule has 2 nitrogen and oxygen atoms in total. The Hall–Kier alpha value is 0.700. The van der Waals surface area contributed by atoms with Crippen molar-refractivity contribution in [3.8, 4) is 0 Å².